The Hall–Kier alpha value is -4.63. The van der Waals surface area contributed by atoms with E-state index in [1.165, 1.54) is 16.2 Å². The molecule has 43 heavy (non-hydrogen) atoms. The predicted molar refractivity (Wildman–Crippen MR) is 167 cm³/mol. The van der Waals surface area contributed by atoms with E-state index in [9.17, 15) is 14.7 Å². The van der Waals surface area contributed by atoms with E-state index in [2.05, 4.69) is 6.58 Å². The fourth-order valence-electron chi connectivity index (χ4n) is 5.76. The third-order valence-electron chi connectivity index (χ3n) is 7.58. The molecule has 0 saturated carbocycles. The van der Waals surface area contributed by atoms with Crippen LogP contribution in [0.2, 0.25) is 0 Å². The van der Waals surface area contributed by atoms with Gasteiger partial charge in [0, 0.05) is 12.0 Å². The van der Waals surface area contributed by atoms with Crippen molar-refractivity contribution in [1.82, 2.24) is 4.98 Å². The van der Waals surface area contributed by atoms with E-state index in [0.717, 1.165) is 32.7 Å². The van der Waals surface area contributed by atoms with Crippen LogP contribution in [0, 0.1) is 13.8 Å². The third kappa shape index (κ3) is 5.03. The van der Waals surface area contributed by atoms with Gasteiger partial charge < -0.3 is 19.3 Å². The average molecular weight is 597 g/mol. The second-order valence-corrected chi connectivity index (χ2v) is 11.8. The number of aliphatic hydroxyl groups excluding tert-OH is 1. The fourth-order valence-corrected chi connectivity index (χ4v) is 6.93. The summed E-state index contributed by atoms with van der Waals surface area (Å²) in [7, 11) is 0. The largest absolute Gasteiger partial charge is 0.507 e. The highest BCUT2D eigenvalue weighted by atomic mass is 32.1. The minimum atomic E-state index is -0.960. The van der Waals surface area contributed by atoms with Crippen molar-refractivity contribution in [3.8, 4) is 17.2 Å². The number of hydrogen-bond acceptors (Lipinski definition) is 8. The van der Waals surface area contributed by atoms with Gasteiger partial charge in [0.1, 0.15) is 24.2 Å². The number of amides is 1. The summed E-state index contributed by atoms with van der Waals surface area (Å²) in [5.41, 5.74) is 4.73. The zero-order chi connectivity index (χ0) is 30.4. The van der Waals surface area contributed by atoms with E-state index in [4.69, 9.17) is 19.2 Å². The molecule has 1 amide bonds. The van der Waals surface area contributed by atoms with Gasteiger partial charge in [-0.15, -0.1) is 0 Å². The van der Waals surface area contributed by atoms with Crippen LogP contribution in [0.5, 0.6) is 17.2 Å². The van der Waals surface area contributed by atoms with Crippen LogP contribution >= 0.6 is 11.3 Å². The number of aromatic nitrogens is 1. The van der Waals surface area contributed by atoms with Crippen molar-refractivity contribution in [2.24, 2.45) is 0 Å². The molecular weight excluding hydrogens is 564 g/mol. The van der Waals surface area contributed by atoms with E-state index in [-0.39, 0.29) is 24.0 Å². The van der Waals surface area contributed by atoms with Gasteiger partial charge >= 0.3 is 5.91 Å². The Labute approximate surface area is 253 Å². The molecule has 6 rings (SSSR count). The maximum Gasteiger partial charge on any atom is 0.301 e. The Bertz CT molecular complexity index is 1820. The molecule has 3 aromatic carbocycles. The first-order valence-electron chi connectivity index (χ1n) is 14.2. The molecule has 4 aromatic rings. The average Bonchev–Trinajstić information content (AvgIpc) is 3.64. The number of fused-ring (bicyclic) bond motifs is 2. The van der Waals surface area contributed by atoms with Crippen molar-refractivity contribution in [2.75, 3.05) is 18.1 Å². The fraction of sp³-hybridized carbons (Fsp3) is 0.265. The van der Waals surface area contributed by atoms with E-state index in [1.54, 1.807) is 36.4 Å². The van der Waals surface area contributed by atoms with Crippen molar-refractivity contribution in [3.63, 3.8) is 0 Å². The number of ketones is 1. The van der Waals surface area contributed by atoms with Crippen molar-refractivity contribution in [3.05, 3.63) is 94.6 Å². The molecule has 0 radical (unpaired) electrons. The Kier molecular flexibility index (Phi) is 7.43. The molecular formula is C34H32N2O6S. The number of Topliss-reactive ketones (excluding diaryl/α,β-unsaturated/α-hetero) is 1. The molecule has 3 heterocycles. The lowest BCUT2D eigenvalue weighted by Gasteiger charge is -2.24. The molecule has 2 aliphatic heterocycles. The normalized spacial score (nSPS) is 19.0. The van der Waals surface area contributed by atoms with Crippen LogP contribution in [0.15, 0.2) is 66.8 Å². The SMILES string of the molecule is C=CCOc1ccc([C@H]2C(=C(O)c3ccc4c(c3)C[C@@H](C)O4)C(=O)C(=O)N2c2nc3c(C)cc(C)cc3s2)cc1OCC. The first-order chi connectivity index (χ1) is 20.7. The lowest BCUT2D eigenvalue weighted by atomic mass is 9.94. The molecule has 1 fully saturated rings. The van der Waals surface area contributed by atoms with Gasteiger partial charge in [-0.25, -0.2) is 4.98 Å². The minimum absolute atomic E-state index is 0.0166. The van der Waals surface area contributed by atoms with Crippen LogP contribution in [-0.2, 0) is 16.0 Å². The second-order valence-electron chi connectivity index (χ2n) is 10.8. The number of benzene rings is 3. The van der Waals surface area contributed by atoms with Crippen molar-refractivity contribution in [2.45, 2.75) is 46.3 Å². The molecule has 0 aliphatic carbocycles. The summed E-state index contributed by atoms with van der Waals surface area (Å²) >= 11 is 1.34. The van der Waals surface area contributed by atoms with E-state index in [1.807, 2.05) is 45.9 Å². The van der Waals surface area contributed by atoms with Crippen molar-refractivity contribution in [1.29, 1.82) is 0 Å². The summed E-state index contributed by atoms with van der Waals surface area (Å²) in [4.78, 5) is 33.8. The zero-order valence-corrected chi connectivity index (χ0v) is 25.3. The minimum Gasteiger partial charge on any atom is -0.507 e. The summed E-state index contributed by atoms with van der Waals surface area (Å²) in [5, 5.41) is 12.1. The number of carbonyl (C=O) groups excluding carboxylic acids is 2. The number of ether oxygens (including phenoxy) is 3. The van der Waals surface area contributed by atoms with E-state index >= 15 is 0 Å². The Morgan fingerprint density at radius 3 is 2.72 bits per heavy atom. The summed E-state index contributed by atoms with van der Waals surface area (Å²) in [6.07, 6.45) is 2.34. The van der Waals surface area contributed by atoms with Gasteiger partial charge in [-0.3, -0.25) is 14.5 Å². The van der Waals surface area contributed by atoms with Crippen LogP contribution in [0.4, 0.5) is 5.13 Å². The molecule has 220 valence electrons. The first kappa shape index (κ1) is 28.5. The molecule has 2 atom stereocenters. The van der Waals surface area contributed by atoms with Gasteiger partial charge in [0.2, 0.25) is 0 Å². The summed E-state index contributed by atoms with van der Waals surface area (Å²) in [5.74, 6) is -0.107. The van der Waals surface area contributed by atoms with E-state index < -0.39 is 17.7 Å². The van der Waals surface area contributed by atoms with Gasteiger partial charge in [-0.05, 0) is 86.3 Å². The second kappa shape index (κ2) is 11.2. The Morgan fingerprint density at radius 1 is 1.14 bits per heavy atom. The zero-order valence-electron chi connectivity index (χ0n) is 24.5. The predicted octanol–water partition coefficient (Wildman–Crippen LogP) is 6.83. The van der Waals surface area contributed by atoms with Crippen LogP contribution in [0.25, 0.3) is 16.0 Å². The molecule has 1 saturated heterocycles. The van der Waals surface area contributed by atoms with Crippen molar-refractivity contribution < 1.29 is 28.9 Å². The van der Waals surface area contributed by atoms with Crippen LogP contribution < -0.4 is 19.1 Å². The molecule has 0 unspecified atom stereocenters. The molecule has 0 bridgehead atoms. The Balaban J connectivity index is 1.55. The highest BCUT2D eigenvalue weighted by molar-refractivity contribution is 7.22. The molecule has 1 aromatic heterocycles. The number of hydrogen-bond donors (Lipinski definition) is 1. The van der Waals surface area contributed by atoms with Gasteiger partial charge in [0.15, 0.2) is 16.6 Å². The maximum atomic E-state index is 13.8. The van der Waals surface area contributed by atoms with Gasteiger partial charge in [0.25, 0.3) is 5.78 Å². The third-order valence-corrected chi connectivity index (χ3v) is 8.58. The number of rotatable bonds is 8. The standard InChI is InChI=1S/C34H32N2O6S/c1-6-12-41-25-11-8-21(17-26(25)40-7-2)30-28(31(37)22-9-10-24-23(16-22)15-20(5)42-24)32(38)33(39)36(30)34-35-29-19(4)13-18(3)14-27(29)43-34/h6,8-11,13-14,16-17,20,30,37H,1,7,12,15H2,2-5H3/t20-,30+/m1/s1. The molecule has 2 aliphatic rings. The molecule has 1 N–H and O–H groups in total. The van der Waals surface area contributed by atoms with Crippen molar-refractivity contribution >= 4 is 44.1 Å². The number of anilines is 1. The van der Waals surface area contributed by atoms with Crippen LogP contribution in [0.1, 0.15) is 47.7 Å². The number of nitrogens with zero attached hydrogens (tertiary/aromatic N) is 2. The number of aryl methyl sites for hydroxylation is 2. The number of aliphatic hydroxyl groups is 1. The van der Waals surface area contributed by atoms with Gasteiger partial charge in [-0.1, -0.05) is 36.1 Å². The highest BCUT2D eigenvalue weighted by Crippen LogP contribution is 2.46. The summed E-state index contributed by atoms with van der Waals surface area (Å²) in [6.45, 7) is 12.2. The van der Waals surface area contributed by atoms with Crippen LogP contribution in [0.3, 0.4) is 0 Å². The number of carbonyl (C=O) groups is 2. The maximum absolute atomic E-state index is 13.8. The topological polar surface area (TPSA) is 98.2 Å². The summed E-state index contributed by atoms with van der Waals surface area (Å²) in [6, 6.07) is 13.7. The lowest BCUT2D eigenvalue weighted by Crippen LogP contribution is -2.29. The molecule has 9 heteroatoms. The van der Waals surface area contributed by atoms with Gasteiger partial charge in [0.05, 0.1) is 28.4 Å². The van der Waals surface area contributed by atoms with Crippen LogP contribution in [-0.4, -0.2) is 41.1 Å². The lowest BCUT2D eigenvalue weighted by molar-refractivity contribution is -0.132. The summed E-state index contributed by atoms with van der Waals surface area (Å²) < 4.78 is 18.4. The Morgan fingerprint density at radius 2 is 1.95 bits per heavy atom. The smallest absolute Gasteiger partial charge is 0.301 e. The first-order valence-corrected chi connectivity index (χ1v) is 15.0. The monoisotopic (exact) mass is 596 g/mol. The highest BCUT2D eigenvalue weighted by Gasteiger charge is 2.48. The molecule has 8 nitrogen and oxygen atoms in total. The number of thiazole rings is 1. The molecule has 0 spiro atoms. The van der Waals surface area contributed by atoms with Gasteiger partial charge in [-0.2, -0.15) is 0 Å². The van der Waals surface area contributed by atoms with E-state index in [0.29, 0.717) is 40.8 Å². The quantitative estimate of drug-likeness (QED) is 0.103.